The van der Waals surface area contributed by atoms with Gasteiger partial charge in [-0.3, -0.25) is 15.1 Å². The first kappa shape index (κ1) is 22.6. The standard InChI is InChI=1S/C30H25FN6O/c31-20-8-6-18(7-9-20)23-10-11-33-30-24(23)13-27(35-30)29-25-14-26(34-17-28(25)36-37-29)19-12-22(16-32-15-19)38-21-4-2-1-3-5-21/h6-17,21H,1-5H2,(H,33,35)(H,36,37). The Labute approximate surface area is 218 Å². The van der Waals surface area contributed by atoms with E-state index in [0.29, 0.717) is 0 Å². The van der Waals surface area contributed by atoms with E-state index in [0.717, 1.165) is 74.3 Å². The maximum atomic E-state index is 13.5. The maximum absolute atomic E-state index is 13.5. The van der Waals surface area contributed by atoms with Crippen molar-refractivity contribution in [3.63, 3.8) is 0 Å². The summed E-state index contributed by atoms with van der Waals surface area (Å²) in [7, 11) is 0. The van der Waals surface area contributed by atoms with Crippen LogP contribution in [0.4, 0.5) is 4.39 Å². The highest BCUT2D eigenvalue weighted by molar-refractivity contribution is 6.00. The molecule has 0 spiro atoms. The Morgan fingerprint density at radius 2 is 1.71 bits per heavy atom. The number of nitrogens with one attached hydrogen (secondary N) is 2. The molecule has 1 saturated carbocycles. The second kappa shape index (κ2) is 9.37. The molecular weight excluding hydrogens is 479 g/mol. The number of aromatic amines is 2. The molecule has 1 aliphatic carbocycles. The lowest BCUT2D eigenvalue weighted by atomic mass is 9.98. The number of aromatic nitrogens is 6. The van der Waals surface area contributed by atoms with E-state index < -0.39 is 0 Å². The Bertz CT molecular complexity index is 1750. The minimum atomic E-state index is -0.262. The molecule has 1 fully saturated rings. The van der Waals surface area contributed by atoms with Crippen molar-refractivity contribution < 1.29 is 9.13 Å². The number of ether oxygens (including phenoxy) is 1. The van der Waals surface area contributed by atoms with Crippen LogP contribution >= 0.6 is 0 Å². The van der Waals surface area contributed by atoms with Crippen LogP contribution in [0.5, 0.6) is 5.75 Å². The van der Waals surface area contributed by atoms with Crippen molar-refractivity contribution in [3.05, 3.63) is 79.1 Å². The average Bonchev–Trinajstić information content (AvgIpc) is 3.58. The van der Waals surface area contributed by atoms with Crippen molar-refractivity contribution in [1.29, 1.82) is 0 Å². The van der Waals surface area contributed by atoms with Crippen molar-refractivity contribution in [2.75, 3.05) is 0 Å². The number of halogens is 1. The average molecular weight is 505 g/mol. The Morgan fingerprint density at radius 1 is 0.842 bits per heavy atom. The van der Waals surface area contributed by atoms with Gasteiger partial charge >= 0.3 is 0 Å². The number of fused-ring (bicyclic) bond motifs is 2. The van der Waals surface area contributed by atoms with Crippen LogP contribution in [-0.4, -0.2) is 36.2 Å². The topological polar surface area (TPSA) is 92.4 Å². The van der Waals surface area contributed by atoms with Gasteiger partial charge in [-0.2, -0.15) is 5.10 Å². The third-order valence-electron chi connectivity index (χ3n) is 7.25. The molecule has 1 aliphatic rings. The van der Waals surface area contributed by atoms with Crippen LogP contribution in [0.25, 0.3) is 55.7 Å². The minimum Gasteiger partial charge on any atom is -0.489 e. The molecule has 5 heterocycles. The number of benzene rings is 1. The number of hydrogen-bond donors (Lipinski definition) is 2. The maximum Gasteiger partial charge on any atom is 0.138 e. The summed E-state index contributed by atoms with van der Waals surface area (Å²) < 4.78 is 19.7. The summed E-state index contributed by atoms with van der Waals surface area (Å²) in [5.74, 6) is 0.515. The van der Waals surface area contributed by atoms with Crippen molar-refractivity contribution in [3.8, 4) is 39.5 Å². The molecule has 0 saturated heterocycles. The van der Waals surface area contributed by atoms with Gasteiger partial charge in [-0.1, -0.05) is 18.6 Å². The minimum absolute atomic E-state index is 0.257. The number of hydrogen-bond acceptors (Lipinski definition) is 5. The molecule has 188 valence electrons. The number of rotatable bonds is 5. The summed E-state index contributed by atoms with van der Waals surface area (Å²) in [6.07, 6.45) is 13.3. The van der Waals surface area contributed by atoms with Crippen LogP contribution in [0.1, 0.15) is 32.1 Å². The van der Waals surface area contributed by atoms with Gasteiger partial charge in [0.05, 0.1) is 35.4 Å². The molecule has 8 heteroatoms. The SMILES string of the molecule is Fc1ccc(-c2ccnc3[nH]c(-c4n[nH]c5cnc(-c6cncc(OC7CCCCC7)c6)cc45)cc23)cc1. The van der Waals surface area contributed by atoms with Gasteiger partial charge in [0.2, 0.25) is 0 Å². The first-order chi connectivity index (χ1) is 18.7. The summed E-state index contributed by atoms with van der Waals surface area (Å²) in [4.78, 5) is 17.0. The van der Waals surface area contributed by atoms with Gasteiger partial charge in [-0.15, -0.1) is 0 Å². The van der Waals surface area contributed by atoms with Gasteiger partial charge in [0, 0.05) is 28.7 Å². The van der Waals surface area contributed by atoms with Crippen LogP contribution in [0.15, 0.2) is 73.3 Å². The van der Waals surface area contributed by atoms with E-state index in [1.165, 1.54) is 31.4 Å². The lowest BCUT2D eigenvalue weighted by Gasteiger charge is -2.22. The lowest BCUT2D eigenvalue weighted by molar-refractivity contribution is 0.154. The summed E-state index contributed by atoms with van der Waals surface area (Å²) in [6, 6.07) is 14.5. The summed E-state index contributed by atoms with van der Waals surface area (Å²) >= 11 is 0. The molecule has 38 heavy (non-hydrogen) atoms. The Morgan fingerprint density at radius 3 is 2.58 bits per heavy atom. The summed E-state index contributed by atoms with van der Waals surface area (Å²) in [5.41, 5.74) is 6.76. The van der Waals surface area contributed by atoms with Gasteiger partial charge in [0.1, 0.15) is 22.9 Å². The monoisotopic (exact) mass is 504 g/mol. The molecule has 6 aromatic rings. The van der Waals surface area contributed by atoms with Crippen LogP contribution in [0.2, 0.25) is 0 Å². The lowest BCUT2D eigenvalue weighted by Crippen LogP contribution is -2.19. The van der Waals surface area contributed by atoms with E-state index in [1.807, 2.05) is 30.5 Å². The second-order valence-corrected chi connectivity index (χ2v) is 9.79. The van der Waals surface area contributed by atoms with Crippen molar-refractivity contribution in [2.24, 2.45) is 0 Å². The Kier molecular flexibility index (Phi) is 5.57. The van der Waals surface area contributed by atoms with E-state index in [4.69, 9.17) is 4.74 Å². The number of nitrogens with zero attached hydrogens (tertiary/aromatic N) is 4. The molecule has 0 bridgehead atoms. The first-order valence-electron chi connectivity index (χ1n) is 12.9. The third kappa shape index (κ3) is 4.18. The van der Waals surface area contributed by atoms with Gasteiger partial charge in [-0.05, 0) is 73.2 Å². The fourth-order valence-corrected chi connectivity index (χ4v) is 5.31. The molecule has 0 radical (unpaired) electrons. The highest BCUT2D eigenvalue weighted by atomic mass is 19.1. The smallest absolute Gasteiger partial charge is 0.138 e. The van der Waals surface area contributed by atoms with Crippen molar-refractivity contribution in [1.82, 2.24) is 30.1 Å². The normalized spacial score (nSPS) is 14.3. The summed E-state index contributed by atoms with van der Waals surface area (Å²) in [5, 5.41) is 9.56. The first-order valence-corrected chi connectivity index (χ1v) is 12.9. The Hall–Kier alpha value is -4.59. The molecule has 2 N–H and O–H groups in total. The third-order valence-corrected chi connectivity index (χ3v) is 7.25. The molecule has 7 nitrogen and oxygen atoms in total. The zero-order chi connectivity index (χ0) is 25.5. The fraction of sp³-hybridized carbons (Fsp3) is 0.200. The van der Waals surface area contributed by atoms with E-state index in [2.05, 4.69) is 30.1 Å². The van der Waals surface area contributed by atoms with E-state index in [-0.39, 0.29) is 11.9 Å². The van der Waals surface area contributed by atoms with Gasteiger partial charge in [0.15, 0.2) is 0 Å². The molecule has 0 atom stereocenters. The van der Waals surface area contributed by atoms with E-state index >= 15 is 0 Å². The molecule has 0 amide bonds. The fourth-order valence-electron chi connectivity index (χ4n) is 5.31. The van der Waals surface area contributed by atoms with E-state index in [9.17, 15) is 4.39 Å². The number of H-pyrrole nitrogens is 2. The van der Waals surface area contributed by atoms with Crippen molar-refractivity contribution >= 4 is 21.9 Å². The molecule has 7 rings (SSSR count). The van der Waals surface area contributed by atoms with Gasteiger partial charge < -0.3 is 9.72 Å². The van der Waals surface area contributed by atoms with E-state index in [1.54, 1.807) is 30.7 Å². The van der Waals surface area contributed by atoms with Crippen molar-refractivity contribution in [2.45, 2.75) is 38.2 Å². The van der Waals surface area contributed by atoms with Crippen LogP contribution in [0.3, 0.4) is 0 Å². The second-order valence-electron chi connectivity index (χ2n) is 9.79. The van der Waals surface area contributed by atoms with Gasteiger partial charge in [-0.25, -0.2) is 9.37 Å². The predicted octanol–water partition coefficient (Wildman–Crippen LogP) is 7.08. The molecule has 0 aliphatic heterocycles. The zero-order valence-corrected chi connectivity index (χ0v) is 20.6. The Balaban J connectivity index is 1.25. The quantitative estimate of drug-likeness (QED) is 0.262. The molecule has 1 aromatic carbocycles. The molecular formula is C30H25FN6O. The van der Waals surface area contributed by atoms with Gasteiger partial charge in [0.25, 0.3) is 0 Å². The summed E-state index contributed by atoms with van der Waals surface area (Å²) in [6.45, 7) is 0. The number of pyridine rings is 3. The van der Waals surface area contributed by atoms with Crippen LogP contribution in [-0.2, 0) is 0 Å². The highest BCUT2D eigenvalue weighted by Crippen LogP contribution is 2.34. The zero-order valence-electron chi connectivity index (χ0n) is 20.6. The predicted molar refractivity (Wildman–Crippen MR) is 145 cm³/mol. The molecule has 0 unspecified atom stereocenters. The van der Waals surface area contributed by atoms with Crippen LogP contribution in [0, 0.1) is 5.82 Å². The highest BCUT2D eigenvalue weighted by Gasteiger charge is 2.17. The largest absolute Gasteiger partial charge is 0.489 e. The van der Waals surface area contributed by atoms with Crippen LogP contribution < -0.4 is 4.74 Å². The molecule has 5 aromatic heterocycles.